The average Bonchev–Trinajstić information content (AvgIpc) is 2.76. The maximum absolute atomic E-state index is 11.4. The van der Waals surface area contributed by atoms with E-state index < -0.39 is 5.54 Å². The lowest BCUT2D eigenvalue weighted by molar-refractivity contribution is -0.123. The molecule has 7 heteroatoms. The summed E-state index contributed by atoms with van der Waals surface area (Å²) in [6.45, 7) is 5.92. The summed E-state index contributed by atoms with van der Waals surface area (Å²) in [7, 11) is 1.75. The number of hydrogen-bond donors (Lipinski definition) is 2. The lowest BCUT2D eigenvalue weighted by Gasteiger charge is -2.27. The fourth-order valence-corrected chi connectivity index (χ4v) is 3.74. The minimum Gasteiger partial charge on any atom is -0.368 e. The first kappa shape index (κ1) is 15.4. The highest BCUT2D eigenvalue weighted by Gasteiger charge is 2.31. The predicted molar refractivity (Wildman–Crippen MR) is 75.9 cm³/mol. The van der Waals surface area contributed by atoms with Crippen molar-refractivity contribution in [1.82, 2.24) is 14.7 Å². The molecule has 0 radical (unpaired) electrons. The van der Waals surface area contributed by atoms with E-state index in [0.717, 1.165) is 16.6 Å². The fraction of sp³-hybridized carbons (Fsp3) is 0.727. The van der Waals surface area contributed by atoms with E-state index in [1.807, 2.05) is 13.8 Å². The van der Waals surface area contributed by atoms with E-state index >= 15 is 0 Å². The lowest BCUT2D eigenvalue weighted by Crippen LogP contribution is -2.52. The van der Waals surface area contributed by atoms with Crippen LogP contribution in [-0.2, 0) is 11.2 Å². The van der Waals surface area contributed by atoms with E-state index in [4.69, 9.17) is 5.73 Å². The van der Waals surface area contributed by atoms with E-state index in [1.165, 1.54) is 11.5 Å². The summed E-state index contributed by atoms with van der Waals surface area (Å²) < 4.78 is 5.19. The zero-order valence-corrected chi connectivity index (χ0v) is 12.8. The number of aromatic nitrogens is 2. The summed E-state index contributed by atoms with van der Waals surface area (Å²) in [5, 5.41) is 3.23. The minimum atomic E-state index is -0.676. The first-order valence-electron chi connectivity index (χ1n) is 5.89. The molecule has 0 aliphatic rings. The lowest BCUT2D eigenvalue weighted by atomic mass is 9.95. The Bertz CT molecular complexity index is 410. The molecule has 2 atom stereocenters. The molecule has 0 spiro atoms. The van der Waals surface area contributed by atoms with Crippen molar-refractivity contribution in [3.8, 4) is 0 Å². The van der Waals surface area contributed by atoms with E-state index in [-0.39, 0.29) is 11.2 Å². The Hall–Kier alpha value is -0.660. The molecule has 1 aromatic heterocycles. The largest absolute Gasteiger partial charge is 0.368 e. The third-order valence-corrected chi connectivity index (χ3v) is 4.78. The zero-order chi connectivity index (χ0) is 13.8. The molecule has 0 aromatic carbocycles. The number of aryl methyl sites for hydroxylation is 1. The number of thioether (sulfide) groups is 1. The first-order chi connectivity index (χ1) is 8.41. The third kappa shape index (κ3) is 3.93. The van der Waals surface area contributed by atoms with Crippen LogP contribution in [0.3, 0.4) is 0 Å². The number of carbonyl (C=O) groups is 1. The van der Waals surface area contributed by atoms with Gasteiger partial charge in [0.15, 0.2) is 4.34 Å². The predicted octanol–water partition coefficient (Wildman–Crippen LogP) is 1.43. The first-order valence-corrected chi connectivity index (χ1v) is 7.54. The number of nitrogens with two attached hydrogens (primary N) is 1. The number of nitrogens with zero attached hydrogens (tertiary/aromatic N) is 2. The standard InChI is InChI=1S/C11H20N4OS2/c1-5-8-14-10(18-15-8)17-7(2)6-11(3,13-4)9(12)16/h7,13H,5-6H2,1-4H3,(H2,12,16). The van der Waals surface area contributed by atoms with Crippen LogP contribution < -0.4 is 11.1 Å². The fourth-order valence-electron chi connectivity index (χ4n) is 1.54. The summed E-state index contributed by atoms with van der Waals surface area (Å²) in [5.41, 5.74) is 4.74. The highest BCUT2D eigenvalue weighted by Crippen LogP contribution is 2.29. The SMILES string of the molecule is CCc1nsc(SC(C)CC(C)(NC)C(N)=O)n1. The second kappa shape index (κ2) is 6.49. The van der Waals surface area contributed by atoms with Crippen molar-refractivity contribution in [2.24, 2.45) is 5.73 Å². The van der Waals surface area contributed by atoms with Crippen molar-refractivity contribution in [3.63, 3.8) is 0 Å². The Balaban J connectivity index is 2.60. The number of amides is 1. The second-order valence-corrected chi connectivity index (χ2v) is 6.85. The van der Waals surface area contributed by atoms with Gasteiger partial charge in [-0.05, 0) is 31.9 Å². The molecule has 0 fully saturated rings. The van der Waals surface area contributed by atoms with Gasteiger partial charge in [-0.25, -0.2) is 4.98 Å². The van der Waals surface area contributed by atoms with Gasteiger partial charge in [0, 0.05) is 11.7 Å². The number of primary amides is 1. The molecule has 0 saturated heterocycles. The molecule has 0 bridgehead atoms. The molecular formula is C11H20N4OS2. The van der Waals surface area contributed by atoms with Gasteiger partial charge >= 0.3 is 0 Å². The van der Waals surface area contributed by atoms with Gasteiger partial charge in [-0.2, -0.15) is 4.37 Å². The molecule has 1 aromatic rings. The van der Waals surface area contributed by atoms with Crippen LogP contribution in [0.15, 0.2) is 4.34 Å². The zero-order valence-electron chi connectivity index (χ0n) is 11.2. The molecule has 3 N–H and O–H groups in total. The smallest absolute Gasteiger partial charge is 0.237 e. The molecule has 2 unspecified atom stereocenters. The van der Waals surface area contributed by atoms with Crippen molar-refractivity contribution in [2.75, 3.05) is 7.05 Å². The van der Waals surface area contributed by atoms with E-state index in [9.17, 15) is 4.79 Å². The number of nitrogens with one attached hydrogen (secondary N) is 1. The monoisotopic (exact) mass is 288 g/mol. The van der Waals surface area contributed by atoms with Crippen molar-refractivity contribution in [2.45, 2.75) is 48.7 Å². The summed E-state index contributed by atoms with van der Waals surface area (Å²) in [6.07, 6.45) is 1.51. The van der Waals surface area contributed by atoms with E-state index in [2.05, 4.69) is 21.6 Å². The van der Waals surface area contributed by atoms with Gasteiger partial charge in [-0.15, -0.1) is 0 Å². The quantitative estimate of drug-likeness (QED) is 0.742. The number of hydrogen-bond acceptors (Lipinski definition) is 6. The maximum atomic E-state index is 11.4. The Labute approximate surface area is 116 Å². The molecule has 1 heterocycles. The average molecular weight is 288 g/mol. The number of rotatable bonds is 7. The Morgan fingerprint density at radius 2 is 2.33 bits per heavy atom. The molecule has 1 rings (SSSR count). The van der Waals surface area contributed by atoms with Gasteiger partial charge in [0.1, 0.15) is 5.82 Å². The summed E-state index contributed by atoms with van der Waals surface area (Å²) in [5.74, 6) is 0.546. The summed E-state index contributed by atoms with van der Waals surface area (Å²) in [4.78, 5) is 15.8. The van der Waals surface area contributed by atoms with E-state index in [1.54, 1.807) is 18.8 Å². The molecule has 0 aliphatic carbocycles. The van der Waals surface area contributed by atoms with Crippen molar-refractivity contribution >= 4 is 29.2 Å². The van der Waals surface area contributed by atoms with Gasteiger partial charge in [-0.1, -0.05) is 25.6 Å². The topological polar surface area (TPSA) is 80.9 Å². The van der Waals surface area contributed by atoms with Crippen LogP contribution in [0.1, 0.15) is 33.0 Å². The molecular weight excluding hydrogens is 268 g/mol. The van der Waals surface area contributed by atoms with Crippen LogP contribution in [0.25, 0.3) is 0 Å². The second-order valence-electron chi connectivity index (χ2n) is 4.41. The molecule has 1 amide bonds. The molecule has 18 heavy (non-hydrogen) atoms. The van der Waals surface area contributed by atoms with Crippen LogP contribution in [0.4, 0.5) is 0 Å². The van der Waals surface area contributed by atoms with E-state index in [0.29, 0.717) is 6.42 Å². The van der Waals surface area contributed by atoms with Gasteiger partial charge < -0.3 is 11.1 Å². The molecule has 102 valence electrons. The highest BCUT2D eigenvalue weighted by molar-refractivity contribution is 8.01. The molecule has 5 nitrogen and oxygen atoms in total. The van der Waals surface area contributed by atoms with Crippen molar-refractivity contribution in [3.05, 3.63) is 5.82 Å². The summed E-state index contributed by atoms with van der Waals surface area (Å²) >= 11 is 3.05. The van der Waals surface area contributed by atoms with Crippen molar-refractivity contribution in [1.29, 1.82) is 0 Å². The van der Waals surface area contributed by atoms with Gasteiger partial charge in [0.2, 0.25) is 5.91 Å². The Morgan fingerprint density at radius 1 is 1.67 bits per heavy atom. The van der Waals surface area contributed by atoms with Crippen LogP contribution in [0.2, 0.25) is 0 Å². The van der Waals surface area contributed by atoms with Gasteiger partial charge in [0.05, 0.1) is 5.54 Å². The molecule has 0 saturated carbocycles. The Morgan fingerprint density at radius 3 is 2.78 bits per heavy atom. The maximum Gasteiger partial charge on any atom is 0.237 e. The van der Waals surface area contributed by atoms with Crippen LogP contribution in [0, 0.1) is 0 Å². The molecule has 0 aliphatic heterocycles. The van der Waals surface area contributed by atoms with Crippen LogP contribution in [-0.4, -0.2) is 33.1 Å². The highest BCUT2D eigenvalue weighted by atomic mass is 32.2. The summed E-state index contributed by atoms with van der Waals surface area (Å²) in [6, 6.07) is 0. The Kier molecular flexibility index (Phi) is 5.55. The normalized spacial score (nSPS) is 16.2. The van der Waals surface area contributed by atoms with Crippen LogP contribution >= 0.6 is 23.3 Å². The van der Waals surface area contributed by atoms with Gasteiger partial charge in [0.25, 0.3) is 0 Å². The third-order valence-electron chi connectivity index (χ3n) is 2.86. The van der Waals surface area contributed by atoms with Gasteiger partial charge in [-0.3, -0.25) is 4.79 Å². The minimum absolute atomic E-state index is 0.243. The van der Waals surface area contributed by atoms with Crippen LogP contribution in [0.5, 0.6) is 0 Å². The van der Waals surface area contributed by atoms with Crippen molar-refractivity contribution < 1.29 is 4.79 Å². The number of likely N-dealkylation sites (N-methyl/N-ethyl adjacent to an activating group) is 1. The number of carbonyl (C=O) groups excluding carboxylic acids is 1.